The molecule has 1 aliphatic carbocycles. The standard InChI is InChI=1S/C15H19NO2/c1-6-7-16-10(4)12-13(11(16)5)15(18)9(3)8(2)14(12)17/h6-7H2,1-5H3. The fourth-order valence-electron chi connectivity index (χ4n) is 2.71. The minimum absolute atomic E-state index is 0.0116. The molecule has 0 amide bonds. The fourth-order valence-corrected chi connectivity index (χ4v) is 2.71. The molecule has 3 heteroatoms. The molecule has 18 heavy (non-hydrogen) atoms. The molecule has 0 aliphatic heterocycles. The van der Waals surface area contributed by atoms with Crippen LogP contribution in [0, 0.1) is 13.8 Å². The first-order valence-corrected chi connectivity index (χ1v) is 6.38. The summed E-state index contributed by atoms with van der Waals surface area (Å²) in [6.07, 6.45) is 0.989. The third kappa shape index (κ3) is 1.50. The van der Waals surface area contributed by atoms with Gasteiger partial charge in [-0.3, -0.25) is 9.59 Å². The van der Waals surface area contributed by atoms with Gasteiger partial charge in [0, 0.05) is 29.1 Å². The SMILES string of the molecule is CCCn1c(C)c2c(c1C)C(=O)C(C)=C(C)C2=O. The van der Waals surface area contributed by atoms with Crippen molar-refractivity contribution in [3.8, 4) is 0 Å². The highest BCUT2D eigenvalue weighted by Gasteiger charge is 2.33. The number of allylic oxidation sites excluding steroid dienone is 2. The first kappa shape index (κ1) is 12.8. The van der Waals surface area contributed by atoms with E-state index in [0.717, 1.165) is 24.4 Å². The molecule has 0 aromatic carbocycles. The Kier molecular flexibility index (Phi) is 3.01. The number of hydrogen-bond acceptors (Lipinski definition) is 2. The van der Waals surface area contributed by atoms with E-state index >= 15 is 0 Å². The lowest BCUT2D eigenvalue weighted by atomic mass is 9.86. The number of hydrogen-bond donors (Lipinski definition) is 0. The first-order valence-electron chi connectivity index (χ1n) is 6.38. The second kappa shape index (κ2) is 4.23. The predicted molar refractivity (Wildman–Crippen MR) is 71.2 cm³/mol. The Balaban J connectivity index is 2.75. The van der Waals surface area contributed by atoms with Gasteiger partial charge < -0.3 is 4.57 Å². The Morgan fingerprint density at radius 2 is 1.22 bits per heavy atom. The highest BCUT2D eigenvalue weighted by Crippen LogP contribution is 2.32. The number of carbonyl (C=O) groups is 2. The van der Waals surface area contributed by atoms with Crippen LogP contribution >= 0.6 is 0 Å². The van der Waals surface area contributed by atoms with E-state index in [9.17, 15) is 9.59 Å². The zero-order valence-corrected chi connectivity index (χ0v) is 11.7. The Hall–Kier alpha value is -1.64. The number of ketones is 2. The summed E-state index contributed by atoms with van der Waals surface area (Å²) in [5, 5.41) is 0. The molecule has 0 saturated carbocycles. The van der Waals surface area contributed by atoms with Crippen molar-refractivity contribution >= 4 is 11.6 Å². The summed E-state index contributed by atoms with van der Waals surface area (Å²) in [5.74, 6) is 0.0232. The fraction of sp³-hybridized carbons (Fsp3) is 0.467. The molecule has 1 heterocycles. The van der Waals surface area contributed by atoms with Crippen LogP contribution < -0.4 is 0 Å². The van der Waals surface area contributed by atoms with Gasteiger partial charge in [-0.05, 0) is 34.1 Å². The molecule has 96 valence electrons. The van der Waals surface area contributed by atoms with E-state index in [-0.39, 0.29) is 11.6 Å². The van der Waals surface area contributed by atoms with Gasteiger partial charge in [0.1, 0.15) is 0 Å². The summed E-state index contributed by atoms with van der Waals surface area (Å²) >= 11 is 0. The minimum Gasteiger partial charge on any atom is -0.348 e. The van der Waals surface area contributed by atoms with E-state index in [4.69, 9.17) is 0 Å². The summed E-state index contributed by atoms with van der Waals surface area (Å²) < 4.78 is 2.09. The molecule has 0 unspecified atom stereocenters. The largest absolute Gasteiger partial charge is 0.348 e. The Bertz CT molecular complexity index is 541. The molecule has 0 bridgehead atoms. The molecule has 0 saturated heterocycles. The molecule has 0 atom stereocenters. The van der Waals surface area contributed by atoms with Crippen molar-refractivity contribution in [2.24, 2.45) is 0 Å². The maximum Gasteiger partial charge on any atom is 0.191 e. The van der Waals surface area contributed by atoms with Crippen LogP contribution in [0.1, 0.15) is 59.3 Å². The lowest BCUT2D eigenvalue weighted by molar-refractivity contribution is 0.0975. The molecule has 0 fully saturated rings. The second-order valence-electron chi connectivity index (χ2n) is 4.98. The van der Waals surface area contributed by atoms with E-state index in [2.05, 4.69) is 11.5 Å². The van der Waals surface area contributed by atoms with Crippen LogP contribution in [0.2, 0.25) is 0 Å². The number of nitrogens with zero attached hydrogens (tertiary/aromatic N) is 1. The minimum atomic E-state index is 0.0116. The van der Waals surface area contributed by atoms with Gasteiger partial charge in [-0.1, -0.05) is 6.92 Å². The molecule has 3 nitrogen and oxygen atoms in total. The van der Waals surface area contributed by atoms with Crippen LogP contribution in [0.25, 0.3) is 0 Å². The summed E-state index contributed by atoms with van der Waals surface area (Å²) in [7, 11) is 0. The maximum atomic E-state index is 12.3. The number of Topliss-reactive ketones (excluding diaryl/α,β-unsaturated/α-hetero) is 2. The van der Waals surface area contributed by atoms with Gasteiger partial charge in [0.2, 0.25) is 0 Å². The lowest BCUT2D eigenvalue weighted by Gasteiger charge is -2.14. The van der Waals surface area contributed by atoms with Crippen molar-refractivity contribution in [3.05, 3.63) is 33.7 Å². The molecule has 0 N–H and O–H groups in total. The van der Waals surface area contributed by atoms with E-state index in [1.54, 1.807) is 13.8 Å². The van der Waals surface area contributed by atoms with Gasteiger partial charge in [0.05, 0.1) is 11.1 Å². The summed E-state index contributed by atoms with van der Waals surface area (Å²) in [4.78, 5) is 24.7. The van der Waals surface area contributed by atoms with Crippen molar-refractivity contribution in [3.63, 3.8) is 0 Å². The third-order valence-corrected chi connectivity index (χ3v) is 3.93. The molecular formula is C15H19NO2. The van der Waals surface area contributed by atoms with E-state index < -0.39 is 0 Å². The molecule has 1 aromatic heterocycles. The molecule has 0 radical (unpaired) electrons. The van der Waals surface area contributed by atoms with Crippen LogP contribution in [0.3, 0.4) is 0 Å². The van der Waals surface area contributed by atoms with Crippen LogP contribution in [-0.4, -0.2) is 16.1 Å². The van der Waals surface area contributed by atoms with Crippen molar-refractivity contribution < 1.29 is 9.59 Å². The monoisotopic (exact) mass is 245 g/mol. The quantitative estimate of drug-likeness (QED) is 0.802. The van der Waals surface area contributed by atoms with Crippen molar-refractivity contribution in [1.82, 2.24) is 4.57 Å². The second-order valence-corrected chi connectivity index (χ2v) is 4.98. The third-order valence-electron chi connectivity index (χ3n) is 3.93. The van der Waals surface area contributed by atoms with Gasteiger partial charge in [-0.2, -0.15) is 0 Å². The average Bonchev–Trinajstić information content (AvgIpc) is 2.59. The Morgan fingerprint density at radius 3 is 1.56 bits per heavy atom. The highest BCUT2D eigenvalue weighted by molar-refractivity contribution is 6.27. The maximum absolute atomic E-state index is 12.3. The number of rotatable bonds is 2. The Labute approximate surface area is 107 Å². The molecular weight excluding hydrogens is 226 g/mol. The van der Waals surface area contributed by atoms with Crippen LogP contribution in [0.15, 0.2) is 11.1 Å². The number of aromatic nitrogens is 1. The van der Waals surface area contributed by atoms with Crippen molar-refractivity contribution in [2.75, 3.05) is 0 Å². The summed E-state index contributed by atoms with van der Waals surface area (Å²) in [6, 6.07) is 0. The zero-order valence-electron chi connectivity index (χ0n) is 11.7. The topological polar surface area (TPSA) is 39.1 Å². The number of carbonyl (C=O) groups excluding carboxylic acids is 2. The van der Waals surface area contributed by atoms with Gasteiger partial charge in [0.25, 0.3) is 0 Å². The highest BCUT2D eigenvalue weighted by atomic mass is 16.1. The summed E-state index contributed by atoms with van der Waals surface area (Å²) in [6.45, 7) is 10.3. The average molecular weight is 245 g/mol. The zero-order chi connectivity index (χ0) is 13.6. The normalized spacial score (nSPS) is 15.4. The predicted octanol–water partition coefficient (Wildman–Crippen LogP) is 3.23. The van der Waals surface area contributed by atoms with Gasteiger partial charge >= 0.3 is 0 Å². The lowest BCUT2D eigenvalue weighted by Crippen LogP contribution is -2.19. The van der Waals surface area contributed by atoms with Gasteiger partial charge in [0.15, 0.2) is 11.6 Å². The van der Waals surface area contributed by atoms with Gasteiger partial charge in [-0.25, -0.2) is 0 Å². The van der Waals surface area contributed by atoms with Crippen LogP contribution in [-0.2, 0) is 6.54 Å². The van der Waals surface area contributed by atoms with Crippen LogP contribution in [0.4, 0.5) is 0 Å². The molecule has 2 rings (SSSR count). The molecule has 1 aliphatic rings. The van der Waals surface area contributed by atoms with Crippen molar-refractivity contribution in [1.29, 1.82) is 0 Å². The first-order chi connectivity index (χ1) is 8.41. The summed E-state index contributed by atoms with van der Waals surface area (Å²) in [5.41, 5.74) is 4.26. The van der Waals surface area contributed by atoms with Crippen LogP contribution in [0.5, 0.6) is 0 Å². The molecule has 0 spiro atoms. The van der Waals surface area contributed by atoms with E-state index in [0.29, 0.717) is 22.3 Å². The van der Waals surface area contributed by atoms with Gasteiger partial charge in [-0.15, -0.1) is 0 Å². The number of fused-ring (bicyclic) bond motifs is 1. The van der Waals surface area contributed by atoms with E-state index in [1.807, 2.05) is 13.8 Å². The Morgan fingerprint density at radius 1 is 0.833 bits per heavy atom. The smallest absolute Gasteiger partial charge is 0.191 e. The van der Waals surface area contributed by atoms with E-state index in [1.165, 1.54) is 0 Å². The van der Waals surface area contributed by atoms with Crippen molar-refractivity contribution in [2.45, 2.75) is 47.6 Å². The molecule has 1 aromatic rings.